The lowest BCUT2D eigenvalue weighted by atomic mass is 10.0. The molecule has 0 bridgehead atoms. The van der Waals surface area contributed by atoms with Gasteiger partial charge in [-0.25, -0.2) is 13.5 Å². The zero-order valence-electron chi connectivity index (χ0n) is 15.5. The third-order valence-corrected chi connectivity index (χ3v) is 4.28. The molecule has 0 aliphatic carbocycles. The number of hydrogen-bond acceptors (Lipinski definition) is 4. The van der Waals surface area contributed by atoms with Gasteiger partial charge in [0.15, 0.2) is 17.4 Å². The topological polar surface area (TPSA) is 73.8 Å². The van der Waals surface area contributed by atoms with Gasteiger partial charge in [-0.1, -0.05) is 24.0 Å². The van der Waals surface area contributed by atoms with E-state index in [-0.39, 0.29) is 22.9 Å². The van der Waals surface area contributed by atoms with Crippen LogP contribution in [0.25, 0.3) is 5.69 Å². The van der Waals surface area contributed by atoms with Crippen LogP contribution in [0.15, 0.2) is 73.2 Å². The highest BCUT2D eigenvalue weighted by Crippen LogP contribution is 2.21. The van der Waals surface area contributed by atoms with Crippen LogP contribution in [-0.2, 0) is 0 Å². The first-order valence-corrected chi connectivity index (χ1v) is 8.88. The summed E-state index contributed by atoms with van der Waals surface area (Å²) >= 11 is 0. The molecule has 2 aromatic heterocycles. The molecular formula is C23H14F2N4O. The van der Waals surface area contributed by atoms with E-state index in [1.807, 2.05) is 6.07 Å². The number of pyridine rings is 1. The number of carbonyl (C=O) groups excluding carboxylic acids is 1. The third-order valence-electron chi connectivity index (χ3n) is 4.28. The fourth-order valence-corrected chi connectivity index (χ4v) is 2.83. The largest absolute Gasteiger partial charge is 0.382 e. The fraction of sp³-hybridized carbons (Fsp3) is 0. The van der Waals surface area contributed by atoms with E-state index in [2.05, 4.69) is 21.9 Å². The smallest absolute Gasteiger partial charge is 0.198 e. The van der Waals surface area contributed by atoms with E-state index >= 15 is 0 Å². The van der Waals surface area contributed by atoms with Gasteiger partial charge in [0, 0.05) is 41.3 Å². The highest BCUT2D eigenvalue weighted by molar-refractivity contribution is 6.11. The van der Waals surface area contributed by atoms with Crippen LogP contribution in [0.3, 0.4) is 0 Å². The maximum atomic E-state index is 14.0. The van der Waals surface area contributed by atoms with Gasteiger partial charge < -0.3 is 5.73 Å². The van der Waals surface area contributed by atoms with E-state index in [1.54, 1.807) is 42.7 Å². The molecule has 0 saturated heterocycles. The van der Waals surface area contributed by atoms with E-state index in [4.69, 9.17) is 5.73 Å². The van der Waals surface area contributed by atoms with Crippen molar-refractivity contribution in [3.63, 3.8) is 0 Å². The van der Waals surface area contributed by atoms with Crippen molar-refractivity contribution in [3.05, 3.63) is 107 Å². The summed E-state index contributed by atoms with van der Waals surface area (Å²) in [4.78, 5) is 16.9. The van der Waals surface area contributed by atoms with Gasteiger partial charge in [-0.3, -0.25) is 9.78 Å². The van der Waals surface area contributed by atoms with Crippen LogP contribution < -0.4 is 5.73 Å². The normalized spacial score (nSPS) is 10.3. The zero-order valence-corrected chi connectivity index (χ0v) is 15.5. The number of benzene rings is 2. The van der Waals surface area contributed by atoms with E-state index in [0.29, 0.717) is 11.1 Å². The van der Waals surface area contributed by atoms with Crippen LogP contribution in [0, 0.1) is 23.5 Å². The Bertz CT molecular complexity index is 1300. The second-order valence-corrected chi connectivity index (χ2v) is 6.37. The van der Waals surface area contributed by atoms with Crippen LogP contribution in [0.5, 0.6) is 0 Å². The number of nitrogen functional groups attached to an aromatic ring is 1. The molecule has 0 amide bonds. The first-order chi connectivity index (χ1) is 14.5. The quantitative estimate of drug-likeness (QED) is 0.420. The zero-order chi connectivity index (χ0) is 21.1. The minimum Gasteiger partial charge on any atom is -0.382 e. The number of aromatic nitrogens is 3. The number of rotatable bonds is 3. The Morgan fingerprint density at radius 2 is 1.80 bits per heavy atom. The molecule has 4 rings (SSSR count). The van der Waals surface area contributed by atoms with Crippen molar-refractivity contribution < 1.29 is 13.6 Å². The SMILES string of the molecule is Nc1nn(-c2ccc(F)cc2F)cc1C(=O)c1cccc(C#Cc2cccnc2)c1. The molecule has 0 saturated carbocycles. The van der Waals surface area contributed by atoms with Crippen molar-refractivity contribution in [3.8, 4) is 17.5 Å². The second kappa shape index (κ2) is 7.97. The molecule has 0 aliphatic rings. The fourth-order valence-electron chi connectivity index (χ4n) is 2.83. The molecule has 0 spiro atoms. The molecule has 30 heavy (non-hydrogen) atoms. The van der Waals surface area contributed by atoms with Crippen LogP contribution >= 0.6 is 0 Å². The maximum Gasteiger partial charge on any atom is 0.198 e. The first kappa shape index (κ1) is 19.0. The maximum absolute atomic E-state index is 14.0. The first-order valence-electron chi connectivity index (χ1n) is 8.88. The van der Waals surface area contributed by atoms with Gasteiger partial charge in [0.05, 0.1) is 5.56 Å². The van der Waals surface area contributed by atoms with Crippen LogP contribution in [-0.4, -0.2) is 20.5 Å². The summed E-state index contributed by atoms with van der Waals surface area (Å²) in [6.45, 7) is 0. The van der Waals surface area contributed by atoms with Gasteiger partial charge in [-0.05, 0) is 36.4 Å². The van der Waals surface area contributed by atoms with E-state index in [0.717, 1.165) is 22.4 Å². The molecule has 5 nitrogen and oxygen atoms in total. The predicted octanol–water partition coefficient (Wildman–Crippen LogP) is 3.76. The van der Waals surface area contributed by atoms with E-state index in [1.165, 1.54) is 12.3 Å². The minimum atomic E-state index is -0.816. The van der Waals surface area contributed by atoms with Crippen molar-refractivity contribution in [2.24, 2.45) is 0 Å². The molecule has 0 unspecified atom stereocenters. The van der Waals surface area contributed by atoms with Gasteiger partial charge >= 0.3 is 0 Å². The summed E-state index contributed by atoms with van der Waals surface area (Å²) < 4.78 is 28.3. The number of anilines is 1. The number of hydrogen-bond donors (Lipinski definition) is 1. The lowest BCUT2D eigenvalue weighted by Crippen LogP contribution is -2.03. The summed E-state index contributed by atoms with van der Waals surface area (Å²) in [5.41, 5.74) is 7.73. The van der Waals surface area contributed by atoms with Gasteiger partial charge in [0.1, 0.15) is 11.5 Å². The standard InChI is InChI=1S/C23H14F2N4O/c24-18-8-9-21(20(25)12-18)29-14-19(23(26)28-29)22(30)17-5-1-3-15(11-17)6-7-16-4-2-10-27-13-16/h1-5,8-14H,(H2,26,28). The summed E-state index contributed by atoms with van der Waals surface area (Å²) in [6.07, 6.45) is 4.63. The molecule has 0 radical (unpaired) electrons. The Hall–Kier alpha value is -4.31. The third kappa shape index (κ3) is 3.93. The predicted molar refractivity (Wildman–Crippen MR) is 108 cm³/mol. The number of nitrogens with zero attached hydrogens (tertiary/aromatic N) is 3. The van der Waals surface area contributed by atoms with E-state index in [9.17, 15) is 13.6 Å². The van der Waals surface area contributed by atoms with Gasteiger partial charge in [-0.15, -0.1) is 5.10 Å². The van der Waals surface area contributed by atoms with Gasteiger partial charge in [0.25, 0.3) is 0 Å². The summed E-state index contributed by atoms with van der Waals surface area (Å²) in [5.74, 6) is 3.99. The van der Waals surface area contributed by atoms with Gasteiger partial charge in [-0.2, -0.15) is 0 Å². The lowest BCUT2D eigenvalue weighted by molar-refractivity contribution is 0.103. The van der Waals surface area contributed by atoms with Crippen LogP contribution in [0.1, 0.15) is 27.0 Å². The number of carbonyl (C=O) groups is 1. The number of nitrogens with two attached hydrogens (primary N) is 1. The van der Waals surface area contributed by atoms with Crippen molar-refractivity contribution in [1.82, 2.24) is 14.8 Å². The molecule has 0 fully saturated rings. The molecule has 146 valence electrons. The van der Waals surface area contributed by atoms with Crippen molar-refractivity contribution >= 4 is 11.6 Å². The number of ketones is 1. The molecule has 2 aromatic carbocycles. The highest BCUT2D eigenvalue weighted by Gasteiger charge is 2.18. The average Bonchev–Trinajstić information content (AvgIpc) is 3.14. The lowest BCUT2D eigenvalue weighted by Gasteiger charge is -2.02. The van der Waals surface area contributed by atoms with Crippen LogP contribution in [0.2, 0.25) is 0 Å². The Kier molecular flexibility index (Phi) is 5.06. The monoisotopic (exact) mass is 400 g/mol. The van der Waals surface area contributed by atoms with Gasteiger partial charge in [0.2, 0.25) is 0 Å². The van der Waals surface area contributed by atoms with Crippen molar-refractivity contribution in [2.45, 2.75) is 0 Å². The minimum absolute atomic E-state index is 0.0155. The number of halogens is 2. The summed E-state index contributed by atoms with van der Waals surface area (Å²) in [7, 11) is 0. The molecular weight excluding hydrogens is 386 g/mol. The Labute approximate surface area is 170 Å². The Balaban J connectivity index is 1.64. The summed E-state index contributed by atoms with van der Waals surface area (Å²) in [6, 6.07) is 13.4. The van der Waals surface area contributed by atoms with Crippen molar-refractivity contribution in [2.75, 3.05) is 5.73 Å². The molecule has 0 aliphatic heterocycles. The average molecular weight is 400 g/mol. The van der Waals surface area contributed by atoms with Crippen LogP contribution in [0.4, 0.5) is 14.6 Å². The molecule has 7 heteroatoms. The summed E-state index contributed by atoms with van der Waals surface area (Å²) in [5, 5.41) is 3.99. The highest BCUT2D eigenvalue weighted by atomic mass is 19.1. The second-order valence-electron chi connectivity index (χ2n) is 6.37. The molecule has 0 atom stereocenters. The molecule has 2 heterocycles. The van der Waals surface area contributed by atoms with E-state index < -0.39 is 11.6 Å². The molecule has 2 N–H and O–H groups in total. The Morgan fingerprint density at radius 1 is 1.00 bits per heavy atom. The van der Waals surface area contributed by atoms with Crippen molar-refractivity contribution in [1.29, 1.82) is 0 Å². The molecule has 4 aromatic rings. The Morgan fingerprint density at radius 3 is 2.57 bits per heavy atom.